The molecule has 0 heterocycles. The van der Waals surface area contributed by atoms with Gasteiger partial charge < -0.3 is 5.11 Å². The van der Waals surface area contributed by atoms with Crippen LogP contribution in [0.5, 0.6) is 0 Å². The number of aromatic carboxylic acids is 1. The summed E-state index contributed by atoms with van der Waals surface area (Å²) in [6.45, 7) is 0. The van der Waals surface area contributed by atoms with Crippen molar-refractivity contribution in [3.63, 3.8) is 0 Å². The molecule has 0 saturated carbocycles. The van der Waals surface area contributed by atoms with Crippen LogP contribution in [0.4, 0.5) is 4.39 Å². The summed E-state index contributed by atoms with van der Waals surface area (Å²) in [5.41, 5.74) is 0.804. The second-order valence-electron chi connectivity index (χ2n) is 4.53. The number of halogens is 1. The molecule has 0 aliphatic carbocycles. The summed E-state index contributed by atoms with van der Waals surface area (Å²) >= 11 is 0. The second-order valence-corrected chi connectivity index (χ2v) is 4.53. The molecule has 0 aliphatic heterocycles. The second kappa shape index (κ2) is 4.78. The van der Waals surface area contributed by atoms with Gasteiger partial charge >= 0.3 is 5.97 Å². The Balaban J connectivity index is 2.36. The molecule has 0 aromatic heterocycles. The molecule has 0 amide bonds. The molecule has 3 heteroatoms. The van der Waals surface area contributed by atoms with Crippen LogP contribution in [0.15, 0.2) is 60.7 Å². The Morgan fingerprint density at radius 3 is 2.10 bits per heavy atom. The Bertz CT molecular complexity index is 809. The van der Waals surface area contributed by atoms with E-state index in [0.717, 1.165) is 10.8 Å². The van der Waals surface area contributed by atoms with E-state index in [1.165, 1.54) is 6.07 Å². The van der Waals surface area contributed by atoms with Crippen molar-refractivity contribution in [2.45, 2.75) is 0 Å². The summed E-state index contributed by atoms with van der Waals surface area (Å²) in [6, 6.07) is 16.9. The zero-order valence-electron chi connectivity index (χ0n) is 10.5. The number of fused-ring (bicyclic) bond motifs is 1. The van der Waals surface area contributed by atoms with Crippen molar-refractivity contribution in [2.75, 3.05) is 0 Å². The van der Waals surface area contributed by atoms with E-state index in [1.54, 1.807) is 30.3 Å². The molecule has 20 heavy (non-hydrogen) atoms. The predicted octanol–water partition coefficient (Wildman–Crippen LogP) is 4.34. The molecular formula is C17H11FO2. The lowest BCUT2D eigenvalue weighted by Gasteiger charge is -2.09. The van der Waals surface area contributed by atoms with Crippen molar-refractivity contribution in [3.8, 4) is 11.1 Å². The average molecular weight is 266 g/mol. The highest BCUT2D eigenvalue weighted by Gasteiger charge is 2.15. The van der Waals surface area contributed by atoms with Crippen molar-refractivity contribution < 1.29 is 14.3 Å². The highest BCUT2D eigenvalue weighted by molar-refractivity contribution is 6.02. The van der Waals surface area contributed by atoms with Gasteiger partial charge in [-0.1, -0.05) is 42.5 Å². The molecule has 0 aliphatic rings. The monoisotopic (exact) mass is 266 g/mol. The standard InChI is InChI=1S/C17H11FO2/c18-16-8-4-3-7-13(16)14-9-11-5-1-2-6-12(11)10-15(14)17(19)20/h1-10H,(H,19,20). The number of carboxylic acids is 1. The fourth-order valence-corrected chi connectivity index (χ4v) is 2.32. The van der Waals surface area contributed by atoms with Gasteiger partial charge in [0.15, 0.2) is 0 Å². The van der Waals surface area contributed by atoms with Crippen molar-refractivity contribution in [3.05, 3.63) is 72.0 Å². The van der Waals surface area contributed by atoms with Gasteiger partial charge in [-0.3, -0.25) is 0 Å². The van der Waals surface area contributed by atoms with Gasteiger partial charge in [-0.15, -0.1) is 0 Å². The average Bonchev–Trinajstić information content (AvgIpc) is 2.46. The van der Waals surface area contributed by atoms with Crippen LogP contribution in [0.2, 0.25) is 0 Å². The molecule has 0 radical (unpaired) electrons. The molecule has 2 nitrogen and oxygen atoms in total. The molecule has 3 aromatic carbocycles. The van der Waals surface area contributed by atoms with E-state index < -0.39 is 11.8 Å². The van der Waals surface area contributed by atoms with Gasteiger partial charge in [-0.2, -0.15) is 0 Å². The predicted molar refractivity (Wildman–Crippen MR) is 76.3 cm³/mol. The van der Waals surface area contributed by atoms with E-state index >= 15 is 0 Å². The Hall–Kier alpha value is -2.68. The van der Waals surface area contributed by atoms with Crippen LogP contribution < -0.4 is 0 Å². The number of carbonyl (C=O) groups is 1. The normalized spacial score (nSPS) is 10.7. The van der Waals surface area contributed by atoms with Gasteiger partial charge in [-0.25, -0.2) is 9.18 Å². The number of rotatable bonds is 2. The smallest absolute Gasteiger partial charge is 0.336 e. The minimum Gasteiger partial charge on any atom is -0.478 e. The van der Waals surface area contributed by atoms with Crippen molar-refractivity contribution in [1.82, 2.24) is 0 Å². The van der Waals surface area contributed by atoms with Gasteiger partial charge in [0, 0.05) is 5.56 Å². The summed E-state index contributed by atoms with van der Waals surface area (Å²) in [4.78, 5) is 11.4. The molecule has 0 atom stereocenters. The molecule has 1 N–H and O–H groups in total. The quantitative estimate of drug-likeness (QED) is 0.749. The number of hydrogen-bond donors (Lipinski definition) is 1. The third-order valence-electron chi connectivity index (χ3n) is 3.28. The van der Waals surface area contributed by atoms with E-state index in [1.807, 2.05) is 24.3 Å². The van der Waals surface area contributed by atoms with E-state index in [0.29, 0.717) is 11.1 Å². The van der Waals surface area contributed by atoms with E-state index in [-0.39, 0.29) is 5.56 Å². The lowest BCUT2D eigenvalue weighted by atomic mass is 9.95. The summed E-state index contributed by atoms with van der Waals surface area (Å²) in [5.74, 6) is -1.49. The lowest BCUT2D eigenvalue weighted by molar-refractivity contribution is 0.0698. The Morgan fingerprint density at radius 2 is 1.45 bits per heavy atom. The highest BCUT2D eigenvalue weighted by Crippen LogP contribution is 2.30. The maximum atomic E-state index is 13.9. The Labute approximate surface area is 115 Å². The van der Waals surface area contributed by atoms with Crippen LogP contribution in [0, 0.1) is 5.82 Å². The van der Waals surface area contributed by atoms with Crippen LogP contribution >= 0.6 is 0 Å². The summed E-state index contributed by atoms with van der Waals surface area (Å²) in [7, 11) is 0. The maximum absolute atomic E-state index is 13.9. The van der Waals surface area contributed by atoms with Gasteiger partial charge in [0.1, 0.15) is 5.82 Å². The van der Waals surface area contributed by atoms with Crippen LogP contribution in [0.1, 0.15) is 10.4 Å². The van der Waals surface area contributed by atoms with Crippen molar-refractivity contribution >= 4 is 16.7 Å². The summed E-state index contributed by atoms with van der Waals surface area (Å²) in [6.07, 6.45) is 0. The zero-order valence-corrected chi connectivity index (χ0v) is 10.5. The number of hydrogen-bond acceptors (Lipinski definition) is 1. The van der Waals surface area contributed by atoms with Crippen molar-refractivity contribution in [1.29, 1.82) is 0 Å². The third-order valence-corrected chi connectivity index (χ3v) is 3.28. The maximum Gasteiger partial charge on any atom is 0.336 e. The number of benzene rings is 3. The first kappa shape index (κ1) is 12.4. The number of carboxylic acid groups (broad SMARTS) is 1. The minimum absolute atomic E-state index is 0.105. The first-order valence-electron chi connectivity index (χ1n) is 6.18. The van der Waals surface area contributed by atoms with E-state index in [4.69, 9.17) is 0 Å². The molecular weight excluding hydrogens is 255 g/mol. The fourth-order valence-electron chi connectivity index (χ4n) is 2.32. The van der Waals surface area contributed by atoms with Crippen LogP contribution in [-0.2, 0) is 0 Å². The Kier molecular flexibility index (Phi) is 2.95. The van der Waals surface area contributed by atoms with E-state index in [9.17, 15) is 14.3 Å². The zero-order chi connectivity index (χ0) is 14.1. The molecule has 0 spiro atoms. The molecule has 3 rings (SSSR count). The summed E-state index contributed by atoms with van der Waals surface area (Å²) < 4.78 is 13.9. The third kappa shape index (κ3) is 2.03. The molecule has 98 valence electrons. The highest BCUT2D eigenvalue weighted by atomic mass is 19.1. The van der Waals surface area contributed by atoms with Gasteiger partial charge in [0.25, 0.3) is 0 Å². The van der Waals surface area contributed by atoms with Crippen LogP contribution in [-0.4, -0.2) is 11.1 Å². The SMILES string of the molecule is O=C(O)c1cc2ccccc2cc1-c1ccccc1F. The topological polar surface area (TPSA) is 37.3 Å². The summed E-state index contributed by atoms with van der Waals surface area (Å²) in [5, 5.41) is 11.1. The van der Waals surface area contributed by atoms with Gasteiger partial charge in [-0.05, 0) is 34.5 Å². The van der Waals surface area contributed by atoms with Gasteiger partial charge in [0.05, 0.1) is 5.56 Å². The van der Waals surface area contributed by atoms with E-state index in [2.05, 4.69) is 0 Å². The van der Waals surface area contributed by atoms with Crippen LogP contribution in [0.3, 0.4) is 0 Å². The molecule has 3 aromatic rings. The Morgan fingerprint density at radius 1 is 0.850 bits per heavy atom. The molecule has 0 bridgehead atoms. The van der Waals surface area contributed by atoms with Crippen molar-refractivity contribution in [2.24, 2.45) is 0 Å². The fraction of sp³-hybridized carbons (Fsp3) is 0. The van der Waals surface area contributed by atoms with Gasteiger partial charge in [0.2, 0.25) is 0 Å². The molecule has 0 unspecified atom stereocenters. The first-order valence-corrected chi connectivity index (χ1v) is 6.18. The first-order chi connectivity index (χ1) is 9.66. The largest absolute Gasteiger partial charge is 0.478 e. The molecule has 0 saturated heterocycles. The molecule has 0 fully saturated rings. The lowest BCUT2D eigenvalue weighted by Crippen LogP contribution is -2.00. The minimum atomic E-state index is -1.06. The van der Waals surface area contributed by atoms with Crippen LogP contribution in [0.25, 0.3) is 21.9 Å².